The Labute approximate surface area is 177 Å². The van der Waals surface area contributed by atoms with Crippen LogP contribution in [0.1, 0.15) is 22.7 Å². The van der Waals surface area contributed by atoms with Crippen molar-refractivity contribution in [3.63, 3.8) is 0 Å². The molecule has 0 fully saturated rings. The predicted molar refractivity (Wildman–Crippen MR) is 78.4 cm³/mol. The van der Waals surface area contributed by atoms with E-state index in [0.29, 0.717) is 6.04 Å². The van der Waals surface area contributed by atoms with Gasteiger partial charge in [-0.2, -0.15) is 0 Å². The molecule has 0 saturated carbocycles. The van der Waals surface area contributed by atoms with Gasteiger partial charge >= 0.3 is 26.2 Å². The zero-order chi connectivity index (χ0) is 12.3. The molecule has 2 aromatic rings. The Morgan fingerprint density at radius 1 is 1.05 bits per heavy atom. The molecule has 0 spiro atoms. The van der Waals surface area contributed by atoms with Crippen LogP contribution in [0.2, 0.25) is 0 Å². The molecular weight excluding hydrogens is 484 g/mol. The number of hydrogen-bond donors (Lipinski definition) is 0. The van der Waals surface area contributed by atoms with E-state index in [-0.39, 0.29) is 63.4 Å². The van der Waals surface area contributed by atoms with E-state index >= 15 is 0 Å². The van der Waals surface area contributed by atoms with Crippen molar-refractivity contribution >= 4 is 33.3 Å². The average molecular weight is 495 g/mol. The molecule has 0 radical (unpaired) electrons. The van der Waals surface area contributed by atoms with Gasteiger partial charge in [-0.3, -0.25) is 0 Å². The second kappa shape index (κ2) is 8.35. The van der Waals surface area contributed by atoms with Gasteiger partial charge in [0.2, 0.25) is 0 Å². The van der Waals surface area contributed by atoms with Crippen LogP contribution in [-0.2, 0) is 26.2 Å². The van der Waals surface area contributed by atoms with Crippen molar-refractivity contribution < 1.29 is 63.4 Å². The quantitative estimate of drug-likeness (QED) is 0.333. The molecule has 22 heavy (non-hydrogen) atoms. The molecule has 1 nitrogen and oxygen atoms in total. The molecule has 0 bridgehead atoms. The summed E-state index contributed by atoms with van der Waals surface area (Å²) in [5.41, 5.74) is 6.60. The number of anilines is 1. The van der Waals surface area contributed by atoms with Gasteiger partial charge in [0, 0.05) is 6.04 Å². The van der Waals surface area contributed by atoms with Crippen LogP contribution < -0.4 is 42.1 Å². The van der Waals surface area contributed by atoms with E-state index in [9.17, 15) is 0 Å². The third kappa shape index (κ3) is 3.21. The van der Waals surface area contributed by atoms with E-state index < -0.39 is 0 Å². The van der Waals surface area contributed by atoms with Crippen LogP contribution in [0.4, 0.5) is 5.69 Å². The largest absolute Gasteiger partial charge is 4.00 e. The summed E-state index contributed by atoms with van der Waals surface area (Å²) >= 11 is 3.52. The number of rotatable bonds is 0. The van der Waals surface area contributed by atoms with Crippen molar-refractivity contribution in [2.24, 2.45) is 0 Å². The summed E-state index contributed by atoms with van der Waals surface area (Å²) in [6.45, 7) is 0. The van der Waals surface area contributed by atoms with Gasteiger partial charge in [0.15, 0.2) is 0 Å². The van der Waals surface area contributed by atoms with E-state index in [1.54, 1.807) is 0 Å². The minimum absolute atomic E-state index is 0. The number of fused-ring (bicyclic) bond motifs is 5. The van der Waals surface area contributed by atoms with Crippen molar-refractivity contribution in [2.75, 3.05) is 11.9 Å². The standard InChI is InChI=1S/C16H11BrN.3ClH.Zr/c1-18-15-7-6-11(17)9-13(15)14-8-10-4-2-3-5-12(10)16(14)18;;;;/h2-8,16H,1H3;3*1H;/q-1;;;;+4/p-3. The molecule has 4 rings (SSSR count). The smallest absolute Gasteiger partial charge is 1.00 e. The van der Waals surface area contributed by atoms with Gasteiger partial charge in [-0.05, 0) is 23.9 Å². The predicted octanol–water partition coefficient (Wildman–Crippen LogP) is -4.70. The van der Waals surface area contributed by atoms with Crippen molar-refractivity contribution in [2.45, 2.75) is 6.04 Å². The van der Waals surface area contributed by atoms with Gasteiger partial charge in [0.1, 0.15) is 0 Å². The monoisotopic (exact) mass is 491 g/mol. The maximum absolute atomic E-state index is 3.52. The second-order valence-electron chi connectivity index (χ2n) is 4.81. The molecule has 112 valence electrons. The Balaban J connectivity index is 0.00000110. The SMILES string of the molecule is CN1c2ccc(Br)[c-]c2C2=Cc3ccccc3C21.[Cl-].[Cl-].[Cl-].[Zr+4]. The van der Waals surface area contributed by atoms with Gasteiger partial charge in [0.05, 0.1) is 0 Å². The van der Waals surface area contributed by atoms with Crippen LogP contribution in [0.3, 0.4) is 0 Å². The molecule has 2 aromatic carbocycles. The van der Waals surface area contributed by atoms with Gasteiger partial charge in [-0.15, -0.1) is 23.8 Å². The fourth-order valence-corrected chi connectivity index (χ4v) is 3.38. The summed E-state index contributed by atoms with van der Waals surface area (Å²) in [5.74, 6) is 0. The van der Waals surface area contributed by atoms with Crippen LogP contribution in [0, 0.1) is 6.07 Å². The molecule has 0 N–H and O–H groups in total. The van der Waals surface area contributed by atoms with Crippen LogP contribution in [0.25, 0.3) is 11.6 Å². The molecule has 0 aromatic heterocycles. The van der Waals surface area contributed by atoms with Gasteiger partial charge < -0.3 is 42.1 Å². The molecule has 1 unspecified atom stereocenters. The molecule has 1 aliphatic heterocycles. The van der Waals surface area contributed by atoms with E-state index in [0.717, 1.165) is 4.47 Å². The third-order valence-corrected chi connectivity index (χ3v) is 4.30. The van der Waals surface area contributed by atoms with Crippen molar-refractivity contribution in [3.05, 3.63) is 63.6 Å². The first-order valence-corrected chi connectivity index (χ1v) is 6.80. The first kappa shape index (κ1) is 22.2. The van der Waals surface area contributed by atoms with E-state index in [1.165, 1.54) is 28.0 Å². The Bertz CT molecular complexity index is 706. The third-order valence-electron chi connectivity index (χ3n) is 3.84. The van der Waals surface area contributed by atoms with Crippen LogP contribution in [-0.4, -0.2) is 7.05 Å². The average Bonchev–Trinajstić information content (AvgIpc) is 2.87. The normalized spacial score (nSPS) is 15.8. The zero-order valence-electron chi connectivity index (χ0n) is 11.6. The summed E-state index contributed by atoms with van der Waals surface area (Å²) in [6.07, 6.45) is 2.30. The topological polar surface area (TPSA) is 3.24 Å². The van der Waals surface area contributed by atoms with Gasteiger partial charge in [-0.1, -0.05) is 56.3 Å². The Morgan fingerprint density at radius 2 is 1.73 bits per heavy atom. The summed E-state index contributed by atoms with van der Waals surface area (Å²) in [5, 5.41) is 0. The maximum atomic E-state index is 3.52. The summed E-state index contributed by atoms with van der Waals surface area (Å²) in [6, 6.07) is 16.6. The Morgan fingerprint density at radius 3 is 2.45 bits per heavy atom. The van der Waals surface area contributed by atoms with Crippen LogP contribution >= 0.6 is 15.9 Å². The van der Waals surface area contributed by atoms with Crippen molar-refractivity contribution in [1.82, 2.24) is 0 Å². The first-order chi connectivity index (χ1) is 8.75. The summed E-state index contributed by atoms with van der Waals surface area (Å²) in [7, 11) is 2.16. The Kier molecular flexibility index (Phi) is 8.43. The summed E-state index contributed by atoms with van der Waals surface area (Å²) in [4.78, 5) is 2.34. The van der Waals surface area contributed by atoms with Crippen LogP contribution in [0.15, 0.2) is 40.9 Å². The van der Waals surface area contributed by atoms with Crippen LogP contribution in [0.5, 0.6) is 0 Å². The minimum Gasteiger partial charge on any atom is -1.00 e. The molecule has 6 heteroatoms. The molecule has 1 aliphatic carbocycles. The zero-order valence-corrected chi connectivity index (χ0v) is 17.9. The molecule has 0 saturated heterocycles. The molecule has 2 aliphatic rings. The molecule has 0 amide bonds. The fourth-order valence-electron chi connectivity index (χ4n) is 3.05. The van der Waals surface area contributed by atoms with Crippen molar-refractivity contribution in [1.29, 1.82) is 0 Å². The number of nitrogens with zero attached hydrogens (tertiary/aromatic N) is 1. The van der Waals surface area contributed by atoms with E-state index in [2.05, 4.69) is 76.4 Å². The van der Waals surface area contributed by atoms with Crippen molar-refractivity contribution in [3.8, 4) is 0 Å². The minimum atomic E-state index is 0. The molecular formula is C16H11BrCl3NZr. The number of likely N-dealkylation sites (N-methyl/N-ethyl adjacent to an activating group) is 1. The number of benzene rings is 2. The van der Waals surface area contributed by atoms with Gasteiger partial charge in [0.25, 0.3) is 0 Å². The Hall–Kier alpha value is 0.213. The first-order valence-electron chi connectivity index (χ1n) is 6.01. The second-order valence-corrected chi connectivity index (χ2v) is 5.66. The van der Waals surface area contributed by atoms with Gasteiger partial charge in [-0.25, -0.2) is 0 Å². The van der Waals surface area contributed by atoms with E-state index in [4.69, 9.17) is 0 Å². The molecule has 1 atom stereocenters. The number of halogens is 4. The maximum Gasteiger partial charge on any atom is 4.00 e. The fraction of sp³-hybridized carbons (Fsp3) is 0.125. The van der Waals surface area contributed by atoms with E-state index in [1.807, 2.05) is 0 Å². The summed E-state index contributed by atoms with van der Waals surface area (Å²) < 4.78 is 1.02. The number of hydrogen-bond acceptors (Lipinski definition) is 1. The molecule has 1 heterocycles.